The summed E-state index contributed by atoms with van der Waals surface area (Å²) in [5, 5.41) is 9.47. The molecule has 2 aliphatic rings. The number of rotatable bonds is 1. The molecular formula is C14H19N3O3. The Hall–Kier alpha value is -1.66. The van der Waals surface area contributed by atoms with E-state index in [1.54, 1.807) is 0 Å². The van der Waals surface area contributed by atoms with Crippen molar-refractivity contribution in [2.75, 3.05) is 33.3 Å². The highest BCUT2D eigenvalue weighted by atomic mass is 16.5. The monoisotopic (exact) mass is 277 g/mol. The Labute approximate surface area is 118 Å². The van der Waals surface area contributed by atoms with Crippen LogP contribution in [0.1, 0.15) is 16.8 Å². The van der Waals surface area contributed by atoms with Gasteiger partial charge < -0.3 is 19.6 Å². The Balaban J connectivity index is 1.82. The summed E-state index contributed by atoms with van der Waals surface area (Å²) in [5.41, 5.74) is 0.430. The van der Waals surface area contributed by atoms with Gasteiger partial charge in [-0.3, -0.25) is 9.78 Å². The van der Waals surface area contributed by atoms with Crippen molar-refractivity contribution in [1.29, 1.82) is 0 Å². The predicted octanol–water partition coefficient (Wildman–Crippen LogP) is 0.332. The third kappa shape index (κ3) is 2.48. The molecule has 6 heteroatoms. The average Bonchev–Trinajstić information content (AvgIpc) is 2.46. The van der Waals surface area contributed by atoms with E-state index >= 15 is 0 Å². The maximum atomic E-state index is 12.6. The Bertz CT molecular complexity index is 508. The quantitative estimate of drug-likeness (QED) is 0.801. The van der Waals surface area contributed by atoms with Gasteiger partial charge in [0.1, 0.15) is 5.75 Å². The van der Waals surface area contributed by atoms with Crippen molar-refractivity contribution >= 4 is 5.91 Å². The smallest absolute Gasteiger partial charge is 0.256 e. The molecule has 1 aromatic rings. The van der Waals surface area contributed by atoms with Gasteiger partial charge >= 0.3 is 0 Å². The number of piperidine rings is 1. The first kappa shape index (κ1) is 13.3. The van der Waals surface area contributed by atoms with Crippen LogP contribution in [0.4, 0.5) is 0 Å². The third-order valence-corrected chi connectivity index (χ3v) is 4.02. The average molecular weight is 277 g/mol. The highest BCUT2D eigenvalue weighted by molar-refractivity contribution is 5.94. The van der Waals surface area contributed by atoms with E-state index in [0.717, 1.165) is 19.5 Å². The molecule has 2 atom stereocenters. The van der Waals surface area contributed by atoms with Crippen LogP contribution in [0.5, 0.6) is 5.75 Å². The van der Waals surface area contributed by atoms with Gasteiger partial charge in [-0.2, -0.15) is 0 Å². The van der Waals surface area contributed by atoms with Crippen LogP contribution in [0.3, 0.4) is 0 Å². The van der Waals surface area contributed by atoms with E-state index in [1.165, 1.54) is 18.5 Å². The molecule has 2 aliphatic heterocycles. The van der Waals surface area contributed by atoms with Crippen molar-refractivity contribution in [1.82, 2.24) is 14.8 Å². The molecule has 0 spiro atoms. The molecule has 1 amide bonds. The summed E-state index contributed by atoms with van der Waals surface area (Å²) in [6, 6.07) is 1.55. The molecule has 2 saturated heterocycles. The normalized spacial score (nSPS) is 27.1. The number of pyridine rings is 1. The molecule has 0 aliphatic carbocycles. The summed E-state index contributed by atoms with van der Waals surface area (Å²) in [6.07, 6.45) is 3.89. The van der Waals surface area contributed by atoms with Crippen molar-refractivity contribution in [3.8, 4) is 5.75 Å². The zero-order valence-corrected chi connectivity index (χ0v) is 11.5. The first-order valence-corrected chi connectivity index (χ1v) is 6.90. The number of morpholine rings is 1. The minimum atomic E-state index is -0.0815. The molecule has 3 heterocycles. The van der Waals surface area contributed by atoms with Gasteiger partial charge in [0.05, 0.1) is 30.5 Å². The number of amides is 1. The highest BCUT2D eigenvalue weighted by Crippen LogP contribution is 2.24. The summed E-state index contributed by atoms with van der Waals surface area (Å²) in [7, 11) is 2.06. The molecule has 6 nitrogen and oxygen atoms in total. The SMILES string of the molecule is CN1CC[C@@H]2OCCN(C(=O)c3cncc(O)c3)[C@H]2C1. The summed E-state index contributed by atoms with van der Waals surface area (Å²) >= 11 is 0. The van der Waals surface area contributed by atoms with Crippen LogP contribution in [-0.2, 0) is 4.74 Å². The zero-order valence-electron chi connectivity index (χ0n) is 11.5. The standard InChI is InChI=1S/C14H19N3O3/c1-16-3-2-13-12(9-16)17(4-5-20-13)14(19)10-6-11(18)8-15-7-10/h6-8,12-13,18H,2-5,9H2,1H3/t12-,13-/m0/s1. The van der Waals surface area contributed by atoms with E-state index in [9.17, 15) is 9.90 Å². The molecule has 2 fully saturated rings. The number of hydrogen-bond donors (Lipinski definition) is 1. The lowest BCUT2D eigenvalue weighted by Gasteiger charge is -2.46. The first-order valence-electron chi connectivity index (χ1n) is 6.90. The van der Waals surface area contributed by atoms with Gasteiger partial charge in [0.2, 0.25) is 0 Å². The topological polar surface area (TPSA) is 65.9 Å². The number of carbonyl (C=O) groups excluding carboxylic acids is 1. The number of aromatic hydroxyl groups is 1. The van der Waals surface area contributed by atoms with Crippen LogP contribution in [0, 0.1) is 0 Å². The lowest BCUT2D eigenvalue weighted by Crippen LogP contribution is -2.60. The Morgan fingerprint density at radius 2 is 2.30 bits per heavy atom. The van der Waals surface area contributed by atoms with Gasteiger partial charge in [-0.15, -0.1) is 0 Å². The van der Waals surface area contributed by atoms with E-state index < -0.39 is 0 Å². The van der Waals surface area contributed by atoms with E-state index in [-0.39, 0.29) is 23.8 Å². The van der Waals surface area contributed by atoms with Crippen molar-refractivity contribution in [2.45, 2.75) is 18.6 Å². The lowest BCUT2D eigenvalue weighted by molar-refractivity contribution is -0.0870. The van der Waals surface area contributed by atoms with Crippen molar-refractivity contribution < 1.29 is 14.6 Å². The van der Waals surface area contributed by atoms with E-state index in [4.69, 9.17) is 4.74 Å². The molecule has 108 valence electrons. The zero-order chi connectivity index (χ0) is 14.1. The van der Waals surface area contributed by atoms with Crippen LogP contribution in [0.15, 0.2) is 18.5 Å². The molecule has 0 saturated carbocycles. The largest absolute Gasteiger partial charge is 0.506 e. The van der Waals surface area contributed by atoms with Crippen LogP contribution >= 0.6 is 0 Å². The maximum Gasteiger partial charge on any atom is 0.256 e. The fourth-order valence-corrected chi connectivity index (χ4v) is 2.99. The lowest BCUT2D eigenvalue weighted by atomic mass is 9.98. The summed E-state index contributed by atoms with van der Waals surface area (Å²) in [6.45, 7) is 2.98. The van der Waals surface area contributed by atoms with Gasteiger partial charge in [-0.1, -0.05) is 0 Å². The van der Waals surface area contributed by atoms with E-state index in [2.05, 4.69) is 16.9 Å². The van der Waals surface area contributed by atoms with Crippen molar-refractivity contribution in [3.05, 3.63) is 24.0 Å². The number of aromatic nitrogens is 1. The molecular weight excluding hydrogens is 258 g/mol. The second kappa shape index (κ2) is 5.38. The summed E-state index contributed by atoms with van der Waals surface area (Å²) in [5.74, 6) is -0.0663. The number of ether oxygens (including phenoxy) is 1. The molecule has 3 rings (SSSR count). The number of carbonyl (C=O) groups is 1. The van der Waals surface area contributed by atoms with Crippen LogP contribution in [-0.4, -0.2) is 71.2 Å². The molecule has 0 unspecified atom stereocenters. The van der Waals surface area contributed by atoms with E-state index in [1.807, 2.05) is 4.90 Å². The van der Waals surface area contributed by atoms with Crippen molar-refractivity contribution in [2.24, 2.45) is 0 Å². The fraction of sp³-hybridized carbons (Fsp3) is 0.571. The maximum absolute atomic E-state index is 12.6. The molecule has 0 aromatic carbocycles. The summed E-state index contributed by atoms with van der Waals surface area (Å²) < 4.78 is 5.78. The minimum Gasteiger partial charge on any atom is -0.506 e. The van der Waals surface area contributed by atoms with Crippen LogP contribution in [0.2, 0.25) is 0 Å². The van der Waals surface area contributed by atoms with Crippen LogP contribution < -0.4 is 0 Å². The number of hydrogen-bond acceptors (Lipinski definition) is 5. The third-order valence-electron chi connectivity index (χ3n) is 4.02. The Kier molecular flexibility index (Phi) is 3.58. The van der Waals surface area contributed by atoms with Gasteiger partial charge in [0, 0.05) is 25.8 Å². The summed E-state index contributed by atoms with van der Waals surface area (Å²) in [4.78, 5) is 20.6. The predicted molar refractivity (Wildman–Crippen MR) is 72.6 cm³/mol. The molecule has 20 heavy (non-hydrogen) atoms. The molecule has 1 aromatic heterocycles. The van der Waals surface area contributed by atoms with Gasteiger partial charge in [0.25, 0.3) is 5.91 Å². The second-order valence-corrected chi connectivity index (χ2v) is 5.46. The first-order chi connectivity index (χ1) is 9.65. The number of fused-ring (bicyclic) bond motifs is 1. The fourth-order valence-electron chi connectivity index (χ4n) is 2.99. The number of likely N-dealkylation sites (tertiary alicyclic amines) is 1. The Morgan fingerprint density at radius 1 is 1.45 bits per heavy atom. The van der Waals surface area contributed by atoms with Crippen molar-refractivity contribution in [3.63, 3.8) is 0 Å². The van der Waals surface area contributed by atoms with Gasteiger partial charge in [-0.05, 0) is 19.5 Å². The van der Waals surface area contributed by atoms with Crippen LogP contribution in [0.25, 0.3) is 0 Å². The second-order valence-electron chi connectivity index (χ2n) is 5.46. The van der Waals surface area contributed by atoms with Gasteiger partial charge in [-0.25, -0.2) is 0 Å². The molecule has 0 bridgehead atoms. The number of nitrogens with zero attached hydrogens (tertiary/aromatic N) is 3. The highest BCUT2D eigenvalue weighted by Gasteiger charge is 2.38. The number of likely N-dealkylation sites (N-methyl/N-ethyl adjacent to an activating group) is 1. The van der Waals surface area contributed by atoms with Gasteiger partial charge in [0.15, 0.2) is 0 Å². The Morgan fingerprint density at radius 3 is 3.10 bits per heavy atom. The molecule has 1 N–H and O–H groups in total. The van der Waals surface area contributed by atoms with E-state index in [0.29, 0.717) is 18.7 Å². The minimum absolute atomic E-state index is 0.0152. The molecule has 0 radical (unpaired) electrons.